The van der Waals surface area contributed by atoms with Crippen molar-refractivity contribution in [3.63, 3.8) is 0 Å². The van der Waals surface area contributed by atoms with E-state index in [1.54, 1.807) is 15.4 Å². The zero-order chi connectivity index (χ0) is 18.8. The average Bonchev–Trinajstić information content (AvgIpc) is 3.13. The van der Waals surface area contributed by atoms with Crippen LogP contribution in [0.2, 0.25) is 0 Å². The number of benzene rings is 1. The molecule has 1 aromatic carbocycles. The molecule has 2 amide bonds. The van der Waals surface area contributed by atoms with Crippen LogP contribution in [-0.4, -0.2) is 37.5 Å². The van der Waals surface area contributed by atoms with Crippen molar-refractivity contribution < 1.29 is 9.00 Å². The summed E-state index contributed by atoms with van der Waals surface area (Å²) in [5.74, 6) is 0. The molecular weight excluding hydrogens is 362 g/mol. The number of hydrogen-bond donors (Lipinski definition) is 2. The first-order valence-electron chi connectivity index (χ1n) is 8.78. The van der Waals surface area contributed by atoms with Crippen molar-refractivity contribution in [3.05, 3.63) is 65.5 Å². The molecule has 1 unspecified atom stereocenters. The Labute approximate surface area is 160 Å². The van der Waals surface area contributed by atoms with Crippen molar-refractivity contribution in [1.29, 1.82) is 0 Å². The molecular formula is C19H21N5O2S. The highest BCUT2D eigenvalue weighted by molar-refractivity contribution is 7.80. The molecule has 0 bridgehead atoms. The summed E-state index contributed by atoms with van der Waals surface area (Å²) >= 11 is -1.42. The summed E-state index contributed by atoms with van der Waals surface area (Å²) in [4.78, 5) is 18.4. The van der Waals surface area contributed by atoms with Gasteiger partial charge in [0.05, 0.1) is 0 Å². The molecule has 8 heteroatoms. The molecule has 3 N–H and O–H groups in total. The van der Waals surface area contributed by atoms with Gasteiger partial charge in [0.25, 0.3) is 0 Å². The molecule has 0 spiro atoms. The van der Waals surface area contributed by atoms with E-state index < -0.39 is 11.2 Å². The maximum absolute atomic E-state index is 12.5. The van der Waals surface area contributed by atoms with Crippen molar-refractivity contribution >= 4 is 28.5 Å². The van der Waals surface area contributed by atoms with Gasteiger partial charge >= 0.3 is 6.03 Å². The predicted octanol–water partition coefficient (Wildman–Crippen LogP) is 2.26. The lowest BCUT2D eigenvalue weighted by atomic mass is 10.0. The van der Waals surface area contributed by atoms with Gasteiger partial charge in [0, 0.05) is 44.3 Å². The number of aromatic nitrogens is 1. The largest absolute Gasteiger partial charge is 0.322 e. The number of carbonyl (C=O) groups excluding carboxylic acids is 1. The molecule has 0 saturated heterocycles. The lowest BCUT2D eigenvalue weighted by molar-refractivity contribution is 0.212. The quantitative estimate of drug-likeness (QED) is 0.852. The van der Waals surface area contributed by atoms with E-state index in [0.717, 1.165) is 28.8 Å². The minimum atomic E-state index is -1.42. The first-order valence-corrected chi connectivity index (χ1v) is 9.95. The van der Waals surface area contributed by atoms with Crippen molar-refractivity contribution in [2.24, 2.45) is 5.14 Å². The third-order valence-electron chi connectivity index (χ3n) is 4.95. The summed E-state index contributed by atoms with van der Waals surface area (Å²) in [6.45, 7) is 2.45. The molecule has 0 radical (unpaired) electrons. The van der Waals surface area contributed by atoms with Crippen LogP contribution >= 0.6 is 0 Å². The summed E-state index contributed by atoms with van der Waals surface area (Å²) in [6, 6.07) is 9.66. The van der Waals surface area contributed by atoms with Gasteiger partial charge in [-0.2, -0.15) is 0 Å². The topological polar surface area (TPSA) is 91.6 Å². The van der Waals surface area contributed by atoms with E-state index in [4.69, 9.17) is 5.14 Å². The van der Waals surface area contributed by atoms with Gasteiger partial charge in [-0.05, 0) is 46.9 Å². The average molecular weight is 383 g/mol. The summed E-state index contributed by atoms with van der Waals surface area (Å²) in [7, 11) is 0. The van der Waals surface area contributed by atoms with E-state index in [0.29, 0.717) is 26.2 Å². The van der Waals surface area contributed by atoms with Crippen LogP contribution in [0.25, 0.3) is 5.57 Å². The summed E-state index contributed by atoms with van der Waals surface area (Å²) < 4.78 is 13.0. The molecule has 7 nitrogen and oxygen atoms in total. The van der Waals surface area contributed by atoms with Crippen LogP contribution in [0.3, 0.4) is 0 Å². The molecule has 0 aliphatic carbocycles. The lowest BCUT2D eigenvalue weighted by Gasteiger charge is -2.23. The van der Waals surface area contributed by atoms with Gasteiger partial charge in [-0.25, -0.2) is 18.4 Å². The molecule has 140 valence electrons. The monoisotopic (exact) mass is 383 g/mol. The second-order valence-corrected chi connectivity index (χ2v) is 7.72. The molecule has 2 aliphatic heterocycles. The number of anilines is 1. The normalized spacial score (nSPS) is 18.0. The Morgan fingerprint density at radius 3 is 2.59 bits per heavy atom. The zero-order valence-electron chi connectivity index (χ0n) is 14.8. The fraction of sp³-hybridized carbons (Fsp3) is 0.263. The second-order valence-electron chi connectivity index (χ2n) is 6.65. The Hall–Kier alpha value is -2.55. The summed E-state index contributed by atoms with van der Waals surface area (Å²) in [5.41, 5.74) is 5.32. The maximum Gasteiger partial charge on any atom is 0.322 e. The highest BCUT2D eigenvalue weighted by Crippen LogP contribution is 2.25. The van der Waals surface area contributed by atoms with E-state index in [2.05, 4.69) is 16.4 Å². The van der Waals surface area contributed by atoms with Crippen molar-refractivity contribution in [2.45, 2.75) is 19.5 Å². The van der Waals surface area contributed by atoms with E-state index in [-0.39, 0.29) is 6.03 Å². The molecule has 0 fully saturated rings. The molecule has 0 saturated carbocycles. The third kappa shape index (κ3) is 3.92. The number of pyridine rings is 1. The first-order chi connectivity index (χ1) is 13.1. The smallest absolute Gasteiger partial charge is 0.316 e. The van der Waals surface area contributed by atoms with Crippen molar-refractivity contribution in [3.8, 4) is 0 Å². The first kappa shape index (κ1) is 17.8. The number of amides is 2. The zero-order valence-corrected chi connectivity index (χ0v) is 15.6. The van der Waals surface area contributed by atoms with E-state index >= 15 is 0 Å². The van der Waals surface area contributed by atoms with Crippen LogP contribution in [0.1, 0.15) is 23.1 Å². The highest BCUT2D eigenvalue weighted by atomic mass is 32.2. The molecule has 1 aromatic heterocycles. The number of nitrogens with one attached hydrogen (secondary N) is 1. The number of hydrogen-bond acceptors (Lipinski definition) is 3. The van der Waals surface area contributed by atoms with Gasteiger partial charge in [-0.1, -0.05) is 18.2 Å². The van der Waals surface area contributed by atoms with Gasteiger partial charge in [0.2, 0.25) is 0 Å². The second kappa shape index (κ2) is 7.59. The number of urea groups is 1. The predicted molar refractivity (Wildman–Crippen MR) is 105 cm³/mol. The summed E-state index contributed by atoms with van der Waals surface area (Å²) in [6.07, 6.45) is 6.42. The maximum atomic E-state index is 12.5. The van der Waals surface area contributed by atoms with Gasteiger partial charge in [0.1, 0.15) is 0 Å². The summed E-state index contributed by atoms with van der Waals surface area (Å²) in [5, 5.41) is 8.37. The number of fused-ring (bicyclic) bond motifs is 1. The molecule has 1 atom stereocenters. The lowest BCUT2D eigenvalue weighted by Crippen LogP contribution is -2.34. The van der Waals surface area contributed by atoms with Crippen molar-refractivity contribution in [2.75, 3.05) is 18.4 Å². The van der Waals surface area contributed by atoms with Gasteiger partial charge in [0.15, 0.2) is 11.2 Å². The molecule has 2 aliphatic rings. The van der Waals surface area contributed by atoms with Crippen LogP contribution in [0.15, 0.2) is 48.8 Å². The Morgan fingerprint density at radius 2 is 1.93 bits per heavy atom. The van der Waals surface area contributed by atoms with Crippen LogP contribution in [0.5, 0.6) is 0 Å². The van der Waals surface area contributed by atoms with E-state index in [1.165, 1.54) is 5.57 Å². The molecule has 3 heterocycles. The Morgan fingerprint density at radius 1 is 1.15 bits per heavy atom. The van der Waals surface area contributed by atoms with Crippen molar-refractivity contribution in [1.82, 2.24) is 14.2 Å². The minimum Gasteiger partial charge on any atom is -0.316 e. The SMILES string of the molecule is NS(=O)N1CC=C(c2ccc(NC(=O)N3Cc4ccncc4C3)cc2)CC1. The molecule has 27 heavy (non-hydrogen) atoms. The van der Waals surface area contributed by atoms with Gasteiger partial charge in [-0.3, -0.25) is 4.98 Å². The Kier molecular flexibility index (Phi) is 5.02. The number of rotatable bonds is 3. The van der Waals surface area contributed by atoms with Crippen LogP contribution in [-0.2, 0) is 24.3 Å². The fourth-order valence-corrected chi connectivity index (χ4v) is 3.90. The van der Waals surface area contributed by atoms with E-state index in [1.807, 2.05) is 36.5 Å². The Balaban J connectivity index is 1.37. The van der Waals surface area contributed by atoms with Crippen LogP contribution in [0.4, 0.5) is 10.5 Å². The van der Waals surface area contributed by atoms with Gasteiger partial charge in [-0.15, -0.1) is 0 Å². The Bertz CT molecular complexity index is 888. The van der Waals surface area contributed by atoms with Crippen LogP contribution < -0.4 is 10.5 Å². The highest BCUT2D eigenvalue weighted by Gasteiger charge is 2.23. The molecule has 4 rings (SSSR count). The number of carbonyl (C=O) groups is 1. The standard InChI is InChI=1S/C19H21N5O2S/c20-27(26)24-9-6-15(7-10-24)14-1-3-18(4-2-14)22-19(25)23-12-16-5-8-21-11-17(16)13-23/h1-6,8,11H,7,9-10,12-13,20H2,(H,22,25). The number of nitrogens with two attached hydrogens (primary N) is 1. The molecule has 2 aromatic rings. The number of nitrogens with zero attached hydrogens (tertiary/aromatic N) is 3. The minimum absolute atomic E-state index is 0.114. The van der Waals surface area contributed by atoms with Crippen LogP contribution in [0, 0.1) is 0 Å². The fourth-order valence-electron chi connectivity index (χ4n) is 3.41. The third-order valence-corrected chi connectivity index (χ3v) is 5.79. The van der Waals surface area contributed by atoms with E-state index in [9.17, 15) is 9.00 Å². The van der Waals surface area contributed by atoms with Gasteiger partial charge < -0.3 is 10.2 Å².